The molecule has 0 fully saturated rings. The topological polar surface area (TPSA) is 92.1 Å². The first kappa shape index (κ1) is 20.5. The molecule has 0 radical (unpaired) electrons. The van der Waals surface area contributed by atoms with Crippen LogP contribution >= 0.6 is 0 Å². The van der Waals surface area contributed by atoms with E-state index in [2.05, 4.69) is 86.4 Å². The Morgan fingerprint density at radius 1 is 0.794 bits per heavy atom. The Hall–Kier alpha value is -4.14. The summed E-state index contributed by atoms with van der Waals surface area (Å²) in [6, 6.07) is 16.8. The summed E-state index contributed by atoms with van der Waals surface area (Å²) in [6.45, 7) is 4.36. The molecule has 0 saturated heterocycles. The van der Waals surface area contributed by atoms with E-state index in [-0.39, 0.29) is 0 Å². The van der Waals surface area contributed by atoms with Gasteiger partial charge in [0.05, 0.1) is 23.3 Å². The molecule has 1 aliphatic heterocycles. The zero-order chi connectivity index (χ0) is 22.9. The van der Waals surface area contributed by atoms with Crippen molar-refractivity contribution in [3.63, 3.8) is 0 Å². The Kier molecular flexibility index (Phi) is 5.21. The van der Waals surface area contributed by atoms with E-state index in [4.69, 9.17) is 0 Å². The van der Waals surface area contributed by atoms with E-state index in [1.807, 2.05) is 26.4 Å². The Labute approximate surface area is 197 Å². The summed E-state index contributed by atoms with van der Waals surface area (Å²) >= 11 is 0. The number of hydrogen-bond donors (Lipinski definition) is 0. The summed E-state index contributed by atoms with van der Waals surface area (Å²) < 4.78 is 5.76. The highest BCUT2D eigenvalue weighted by Gasteiger charge is 2.21. The highest BCUT2D eigenvalue weighted by atomic mass is 15.4. The lowest BCUT2D eigenvalue weighted by Gasteiger charge is -2.17. The van der Waals surface area contributed by atoms with Crippen LogP contribution in [-0.4, -0.2) is 45.0 Å². The minimum atomic E-state index is 0.701. The average Bonchev–Trinajstić information content (AvgIpc) is 3.61. The fraction of sp³-hybridized carbons (Fsp3) is 0.280. The Balaban J connectivity index is 1.08. The van der Waals surface area contributed by atoms with Gasteiger partial charge in [0.25, 0.3) is 0 Å². The van der Waals surface area contributed by atoms with Crippen LogP contribution in [-0.2, 0) is 38.9 Å². The third-order valence-corrected chi connectivity index (χ3v) is 6.32. The molecule has 5 aromatic rings. The molecule has 9 heteroatoms. The lowest BCUT2D eigenvalue weighted by molar-refractivity contribution is 0.579. The van der Waals surface area contributed by atoms with E-state index in [0.717, 1.165) is 54.1 Å². The maximum Gasteiger partial charge on any atom is 0.113 e. The molecule has 0 spiro atoms. The number of rotatable bonds is 7. The first-order valence-electron chi connectivity index (χ1n) is 11.6. The summed E-state index contributed by atoms with van der Waals surface area (Å²) in [6.07, 6.45) is 6.47. The quantitative estimate of drug-likeness (QED) is 0.377. The van der Waals surface area contributed by atoms with E-state index in [1.54, 1.807) is 0 Å². The van der Waals surface area contributed by atoms with Crippen molar-refractivity contribution >= 4 is 0 Å². The lowest BCUT2D eigenvalue weighted by Crippen LogP contribution is -2.13. The highest BCUT2D eigenvalue weighted by Crippen LogP contribution is 2.30. The lowest BCUT2D eigenvalue weighted by atomic mass is 9.97. The van der Waals surface area contributed by atoms with Crippen LogP contribution in [0.5, 0.6) is 0 Å². The van der Waals surface area contributed by atoms with Crippen LogP contribution in [0.3, 0.4) is 0 Å². The second-order valence-electron chi connectivity index (χ2n) is 8.72. The van der Waals surface area contributed by atoms with E-state index in [9.17, 15) is 0 Å². The van der Waals surface area contributed by atoms with Gasteiger partial charge < -0.3 is 0 Å². The summed E-state index contributed by atoms with van der Waals surface area (Å²) in [7, 11) is 0. The average molecular weight is 452 g/mol. The predicted molar refractivity (Wildman–Crippen MR) is 127 cm³/mol. The van der Waals surface area contributed by atoms with Crippen molar-refractivity contribution in [3.8, 4) is 22.5 Å². The number of fused-ring (bicyclic) bond motifs is 3. The van der Waals surface area contributed by atoms with Gasteiger partial charge in [-0.05, 0) is 18.9 Å². The molecule has 34 heavy (non-hydrogen) atoms. The minimum Gasteiger partial charge on any atom is -0.252 e. The second-order valence-corrected chi connectivity index (χ2v) is 8.72. The predicted octanol–water partition coefficient (Wildman–Crippen LogP) is 3.15. The van der Waals surface area contributed by atoms with Crippen LogP contribution in [0.25, 0.3) is 22.5 Å². The van der Waals surface area contributed by atoms with Gasteiger partial charge >= 0.3 is 0 Å². The molecule has 6 rings (SSSR count). The van der Waals surface area contributed by atoms with Crippen LogP contribution in [0.4, 0.5) is 0 Å². The molecule has 0 unspecified atom stereocenters. The van der Waals surface area contributed by atoms with Crippen LogP contribution in [0.15, 0.2) is 60.9 Å². The van der Waals surface area contributed by atoms with Gasteiger partial charge in [-0.2, -0.15) is 0 Å². The highest BCUT2D eigenvalue weighted by molar-refractivity contribution is 5.67. The molecule has 9 nitrogen and oxygen atoms in total. The molecule has 0 bridgehead atoms. The molecule has 0 aliphatic carbocycles. The Bertz CT molecular complexity index is 1420. The fourth-order valence-corrected chi connectivity index (χ4v) is 4.44. The summed E-state index contributed by atoms with van der Waals surface area (Å²) in [5.41, 5.74) is 8.86. The Morgan fingerprint density at radius 2 is 1.59 bits per heavy atom. The molecule has 0 saturated carbocycles. The van der Waals surface area contributed by atoms with Crippen molar-refractivity contribution in [2.24, 2.45) is 0 Å². The molecule has 3 aromatic heterocycles. The third kappa shape index (κ3) is 4.00. The summed E-state index contributed by atoms with van der Waals surface area (Å²) in [5.74, 6) is 0. The van der Waals surface area contributed by atoms with Gasteiger partial charge in [0.2, 0.25) is 0 Å². The third-order valence-electron chi connectivity index (χ3n) is 6.32. The maximum atomic E-state index is 4.46. The number of hydrogen-bond acceptors (Lipinski definition) is 6. The maximum absolute atomic E-state index is 4.46. The van der Waals surface area contributed by atoms with Gasteiger partial charge in [0.15, 0.2) is 0 Å². The monoisotopic (exact) mass is 451 g/mol. The van der Waals surface area contributed by atoms with Crippen molar-refractivity contribution in [1.82, 2.24) is 45.0 Å². The van der Waals surface area contributed by atoms with Gasteiger partial charge in [0, 0.05) is 49.8 Å². The minimum absolute atomic E-state index is 0.701. The SMILES string of the molecule is Cc1ccc(-c2cn(CCc3cn(CCc4nnn5c4-c4ccccc4CC5)nn3)nn2)cc1. The molecule has 2 aromatic carbocycles. The van der Waals surface area contributed by atoms with Gasteiger partial charge in [0.1, 0.15) is 5.69 Å². The van der Waals surface area contributed by atoms with Gasteiger partial charge in [-0.1, -0.05) is 69.7 Å². The van der Waals surface area contributed by atoms with E-state index in [0.29, 0.717) is 13.1 Å². The fourth-order valence-electron chi connectivity index (χ4n) is 4.44. The van der Waals surface area contributed by atoms with Crippen molar-refractivity contribution in [2.45, 2.75) is 45.8 Å². The molecule has 0 amide bonds. The van der Waals surface area contributed by atoms with Gasteiger partial charge in [-0.15, -0.1) is 15.3 Å². The van der Waals surface area contributed by atoms with Crippen LogP contribution in [0.1, 0.15) is 22.5 Å². The Morgan fingerprint density at radius 3 is 2.50 bits per heavy atom. The van der Waals surface area contributed by atoms with Crippen molar-refractivity contribution < 1.29 is 0 Å². The molecule has 170 valence electrons. The molecular weight excluding hydrogens is 426 g/mol. The number of benzene rings is 2. The van der Waals surface area contributed by atoms with Crippen LogP contribution < -0.4 is 0 Å². The number of aryl methyl sites for hydroxylation is 7. The first-order chi connectivity index (χ1) is 16.7. The van der Waals surface area contributed by atoms with E-state index in [1.165, 1.54) is 16.7 Å². The summed E-state index contributed by atoms with van der Waals surface area (Å²) in [5, 5.41) is 26.0. The number of aromatic nitrogens is 9. The largest absolute Gasteiger partial charge is 0.252 e. The van der Waals surface area contributed by atoms with E-state index < -0.39 is 0 Å². The second kappa shape index (κ2) is 8.66. The van der Waals surface area contributed by atoms with E-state index >= 15 is 0 Å². The van der Waals surface area contributed by atoms with Crippen LogP contribution in [0, 0.1) is 6.92 Å². The van der Waals surface area contributed by atoms with Crippen LogP contribution in [0.2, 0.25) is 0 Å². The van der Waals surface area contributed by atoms with Crippen molar-refractivity contribution in [2.75, 3.05) is 0 Å². The molecule has 0 N–H and O–H groups in total. The standard InChI is InChI=1S/C25H25N9/c1-18-6-8-20(9-7-18)24-17-33(30-28-24)13-11-21-16-32(29-26-21)14-12-23-25-22-5-3-2-4-19(22)10-15-34(25)31-27-23/h2-9,16-17H,10-15H2,1H3. The van der Waals surface area contributed by atoms with Crippen molar-refractivity contribution in [1.29, 1.82) is 0 Å². The smallest absolute Gasteiger partial charge is 0.113 e. The molecular formula is C25H25N9. The van der Waals surface area contributed by atoms with Crippen molar-refractivity contribution in [3.05, 3.63) is 83.4 Å². The van der Waals surface area contributed by atoms with Gasteiger partial charge in [-0.3, -0.25) is 9.36 Å². The first-order valence-corrected chi connectivity index (χ1v) is 11.6. The normalized spacial score (nSPS) is 12.5. The zero-order valence-corrected chi connectivity index (χ0v) is 19.0. The zero-order valence-electron chi connectivity index (χ0n) is 19.0. The molecule has 1 aliphatic rings. The summed E-state index contributed by atoms with van der Waals surface area (Å²) in [4.78, 5) is 0. The van der Waals surface area contributed by atoms with Gasteiger partial charge in [-0.25, -0.2) is 4.68 Å². The molecule has 0 atom stereocenters. The number of nitrogens with zero attached hydrogens (tertiary/aromatic N) is 9. The molecule has 4 heterocycles.